The minimum Gasteiger partial charge on any atom is -0.387 e. The van der Waals surface area contributed by atoms with Crippen LogP contribution in [0.3, 0.4) is 0 Å². The number of aromatic nitrogens is 1. The topological polar surface area (TPSA) is 42.2 Å². The quantitative estimate of drug-likeness (QED) is 0.800. The third-order valence-electron chi connectivity index (χ3n) is 3.80. The van der Waals surface area contributed by atoms with E-state index in [1.165, 1.54) is 0 Å². The lowest BCUT2D eigenvalue weighted by Crippen LogP contribution is -2.23. The van der Waals surface area contributed by atoms with Crippen molar-refractivity contribution in [3.63, 3.8) is 0 Å². The molecule has 1 aromatic heterocycles. The van der Waals surface area contributed by atoms with E-state index in [1.54, 1.807) is 10.6 Å². The van der Waals surface area contributed by atoms with E-state index in [0.717, 1.165) is 22.0 Å². The number of benzene rings is 2. The molecule has 1 atom stereocenters. The van der Waals surface area contributed by atoms with Gasteiger partial charge in [-0.05, 0) is 35.6 Å². The SMILES string of the molecule is Cc1ccccc1C(O)Cn1c(=O)ccc2ccccc21. The summed E-state index contributed by atoms with van der Waals surface area (Å²) in [7, 11) is 0. The zero-order valence-electron chi connectivity index (χ0n) is 11.9. The predicted octanol–water partition coefficient (Wildman–Crippen LogP) is 3.04. The number of hydrogen-bond donors (Lipinski definition) is 1. The van der Waals surface area contributed by atoms with Crippen molar-refractivity contribution in [3.05, 3.63) is 82.1 Å². The molecule has 0 aliphatic rings. The molecule has 0 aliphatic heterocycles. The van der Waals surface area contributed by atoms with Crippen LogP contribution in [0.1, 0.15) is 17.2 Å². The zero-order chi connectivity index (χ0) is 14.8. The Hall–Kier alpha value is -2.39. The lowest BCUT2D eigenvalue weighted by atomic mass is 10.0. The predicted molar refractivity (Wildman–Crippen MR) is 84.3 cm³/mol. The minimum absolute atomic E-state index is 0.0960. The molecular formula is C18H17NO2. The summed E-state index contributed by atoms with van der Waals surface area (Å²) in [6, 6.07) is 18.8. The number of hydrogen-bond acceptors (Lipinski definition) is 2. The van der Waals surface area contributed by atoms with Gasteiger partial charge in [0.1, 0.15) is 0 Å². The van der Waals surface area contributed by atoms with E-state index in [-0.39, 0.29) is 12.1 Å². The number of pyridine rings is 1. The summed E-state index contributed by atoms with van der Waals surface area (Å²) in [6.45, 7) is 2.22. The van der Waals surface area contributed by atoms with E-state index < -0.39 is 6.10 Å². The molecule has 0 saturated heterocycles. The third-order valence-corrected chi connectivity index (χ3v) is 3.80. The average Bonchev–Trinajstić information content (AvgIpc) is 2.50. The highest BCUT2D eigenvalue weighted by Crippen LogP contribution is 2.20. The summed E-state index contributed by atoms with van der Waals surface area (Å²) in [5, 5.41) is 11.5. The number of aliphatic hydroxyl groups excluding tert-OH is 1. The van der Waals surface area contributed by atoms with Crippen LogP contribution in [0, 0.1) is 6.92 Å². The van der Waals surface area contributed by atoms with Crippen LogP contribution >= 0.6 is 0 Å². The molecule has 0 spiro atoms. The van der Waals surface area contributed by atoms with E-state index in [9.17, 15) is 9.90 Å². The first-order valence-electron chi connectivity index (χ1n) is 6.99. The van der Waals surface area contributed by atoms with E-state index in [0.29, 0.717) is 0 Å². The molecule has 2 aromatic carbocycles. The van der Waals surface area contributed by atoms with Crippen molar-refractivity contribution in [1.82, 2.24) is 4.57 Å². The van der Waals surface area contributed by atoms with E-state index >= 15 is 0 Å². The Morgan fingerprint density at radius 3 is 2.52 bits per heavy atom. The minimum atomic E-state index is -0.699. The van der Waals surface area contributed by atoms with Crippen molar-refractivity contribution in [1.29, 1.82) is 0 Å². The highest BCUT2D eigenvalue weighted by Gasteiger charge is 2.13. The normalized spacial score (nSPS) is 12.5. The highest BCUT2D eigenvalue weighted by atomic mass is 16.3. The standard InChI is InChI=1S/C18H17NO2/c1-13-6-2-4-8-15(13)17(20)12-19-16-9-5-3-7-14(16)10-11-18(19)21/h2-11,17,20H,12H2,1H3. The van der Waals surface area contributed by atoms with Crippen molar-refractivity contribution in [3.8, 4) is 0 Å². The van der Waals surface area contributed by atoms with Crippen LogP contribution in [0.25, 0.3) is 10.9 Å². The second-order valence-corrected chi connectivity index (χ2v) is 5.21. The maximum absolute atomic E-state index is 12.1. The molecule has 1 unspecified atom stereocenters. The Labute approximate surface area is 123 Å². The van der Waals surface area contributed by atoms with Crippen LogP contribution in [0.15, 0.2) is 65.5 Å². The zero-order valence-corrected chi connectivity index (χ0v) is 11.9. The smallest absolute Gasteiger partial charge is 0.251 e. The number of para-hydroxylation sites is 1. The molecule has 1 heterocycles. The first-order valence-corrected chi connectivity index (χ1v) is 6.99. The van der Waals surface area contributed by atoms with Crippen LogP contribution in [0.5, 0.6) is 0 Å². The molecule has 3 rings (SSSR count). The monoisotopic (exact) mass is 279 g/mol. The summed E-state index contributed by atoms with van der Waals surface area (Å²) in [5.41, 5.74) is 2.63. The number of aryl methyl sites for hydroxylation is 1. The molecule has 0 fully saturated rings. The van der Waals surface area contributed by atoms with Crippen molar-refractivity contribution in [2.24, 2.45) is 0 Å². The molecule has 3 nitrogen and oxygen atoms in total. The fourth-order valence-corrected chi connectivity index (χ4v) is 2.66. The van der Waals surface area contributed by atoms with Crippen LogP contribution in [0.2, 0.25) is 0 Å². The maximum Gasteiger partial charge on any atom is 0.251 e. The van der Waals surface area contributed by atoms with Crippen LogP contribution in [0.4, 0.5) is 0 Å². The molecule has 3 heteroatoms. The van der Waals surface area contributed by atoms with Gasteiger partial charge < -0.3 is 9.67 Å². The van der Waals surface area contributed by atoms with Gasteiger partial charge in [0.15, 0.2) is 0 Å². The number of nitrogens with zero attached hydrogens (tertiary/aromatic N) is 1. The summed E-state index contributed by atoms with van der Waals surface area (Å²) in [4.78, 5) is 12.1. The Bertz CT molecular complexity index is 836. The molecule has 0 saturated carbocycles. The van der Waals surface area contributed by atoms with E-state index in [2.05, 4.69) is 0 Å². The second kappa shape index (κ2) is 5.54. The Morgan fingerprint density at radius 1 is 1.00 bits per heavy atom. The maximum atomic E-state index is 12.1. The van der Waals surface area contributed by atoms with Crippen molar-refractivity contribution >= 4 is 10.9 Å². The van der Waals surface area contributed by atoms with Crippen molar-refractivity contribution < 1.29 is 5.11 Å². The Balaban J connectivity index is 2.04. The summed E-state index contributed by atoms with van der Waals surface area (Å²) in [6.07, 6.45) is -0.699. The molecule has 0 bridgehead atoms. The van der Waals surface area contributed by atoms with Gasteiger partial charge in [-0.2, -0.15) is 0 Å². The molecule has 1 N–H and O–H groups in total. The van der Waals surface area contributed by atoms with Gasteiger partial charge in [-0.15, -0.1) is 0 Å². The first kappa shape index (κ1) is 13.6. The summed E-state index contributed by atoms with van der Waals surface area (Å²) < 4.78 is 1.63. The Morgan fingerprint density at radius 2 is 1.71 bits per heavy atom. The number of fused-ring (bicyclic) bond motifs is 1. The molecule has 3 aromatic rings. The van der Waals surface area contributed by atoms with Gasteiger partial charge in [-0.25, -0.2) is 0 Å². The molecular weight excluding hydrogens is 262 g/mol. The van der Waals surface area contributed by atoms with Gasteiger partial charge in [0, 0.05) is 6.07 Å². The van der Waals surface area contributed by atoms with E-state index in [4.69, 9.17) is 0 Å². The Kier molecular flexibility index (Phi) is 3.59. The fraction of sp³-hybridized carbons (Fsp3) is 0.167. The van der Waals surface area contributed by atoms with Crippen LogP contribution < -0.4 is 5.56 Å². The molecule has 0 aliphatic carbocycles. The molecule has 21 heavy (non-hydrogen) atoms. The van der Waals surface area contributed by atoms with Crippen molar-refractivity contribution in [2.75, 3.05) is 0 Å². The number of aliphatic hydroxyl groups is 1. The largest absolute Gasteiger partial charge is 0.387 e. The molecule has 106 valence electrons. The first-order chi connectivity index (χ1) is 10.2. The lowest BCUT2D eigenvalue weighted by molar-refractivity contribution is 0.156. The third kappa shape index (κ3) is 2.60. The summed E-state index contributed by atoms with van der Waals surface area (Å²) in [5.74, 6) is 0. The van der Waals surface area contributed by atoms with Crippen LogP contribution in [-0.4, -0.2) is 9.67 Å². The highest BCUT2D eigenvalue weighted by molar-refractivity contribution is 5.78. The van der Waals surface area contributed by atoms with Gasteiger partial charge in [-0.3, -0.25) is 4.79 Å². The van der Waals surface area contributed by atoms with Gasteiger partial charge >= 0.3 is 0 Å². The molecule has 0 radical (unpaired) electrons. The van der Waals surface area contributed by atoms with Gasteiger partial charge in [0.25, 0.3) is 5.56 Å². The van der Waals surface area contributed by atoms with Gasteiger partial charge in [0.05, 0.1) is 18.2 Å². The number of rotatable bonds is 3. The fourth-order valence-electron chi connectivity index (χ4n) is 2.66. The van der Waals surface area contributed by atoms with Gasteiger partial charge in [0.2, 0.25) is 0 Å². The molecule has 0 amide bonds. The van der Waals surface area contributed by atoms with Crippen molar-refractivity contribution in [2.45, 2.75) is 19.6 Å². The van der Waals surface area contributed by atoms with Crippen LogP contribution in [-0.2, 0) is 6.54 Å². The van der Waals surface area contributed by atoms with Gasteiger partial charge in [-0.1, -0.05) is 42.5 Å². The van der Waals surface area contributed by atoms with E-state index in [1.807, 2.05) is 61.5 Å². The summed E-state index contributed by atoms with van der Waals surface area (Å²) >= 11 is 0. The average molecular weight is 279 g/mol. The second-order valence-electron chi connectivity index (χ2n) is 5.21. The lowest BCUT2D eigenvalue weighted by Gasteiger charge is -2.17.